The summed E-state index contributed by atoms with van der Waals surface area (Å²) in [4.78, 5) is 13.1. The molecular weight excluding hydrogens is 278 g/mol. The Morgan fingerprint density at radius 3 is 2.75 bits per heavy atom. The maximum Gasteiger partial charge on any atom is 0.306 e. The lowest BCUT2D eigenvalue weighted by molar-refractivity contribution is -0.143. The van der Waals surface area contributed by atoms with E-state index in [4.69, 9.17) is 21.4 Å². The van der Waals surface area contributed by atoms with Crippen molar-refractivity contribution in [3.8, 4) is 5.75 Å². The van der Waals surface area contributed by atoms with Gasteiger partial charge in [-0.25, -0.2) is 0 Å². The monoisotopic (exact) mass is 297 g/mol. The molecule has 0 aromatic heterocycles. The number of hydrogen-bond donors (Lipinski definition) is 1. The Labute approximate surface area is 124 Å². The number of carboxylic acids is 1. The van der Waals surface area contributed by atoms with Gasteiger partial charge < -0.3 is 9.84 Å². The largest absolute Gasteiger partial charge is 0.492 e. The predicted octanol–water partition coefficient (Wildman–Crippen LogP) is 2.82. The minimum absolute atomic E-state index is 0.175. The number of rotatable bonds is 5. The highest BCUT2D eigenvalue weighted by Gasteiger charge is 2.24. The van der Waals surface area contributed by atoms with Crippen LogP contribution in [-0.4, -0.2) is 42.2 Å². The molecule has 1 N–H and O–H groups in total. The molecule has 4 nitrogen and oxygen atoms in total. The van der Waals surface area contributed by atoms with E-state index in [1.807, 2.05) is 25.1 Å². The molecule has 2 rings (SSSR count). The van der Waals surface area contributed by atoms with E-state index in [1.165, 1.54) is 0 Å². The summed E-state index contributed by atoms with van der Waals surface area (Å²) in [7, 11) is 0. The number of carbonyl (C=O) groups is 1. The third-order valence-corrected chi connectivity index (χ3v) is 4.17. The van der Waals surface area contributed by atoms with Crippen LogP contribution in [0, 0.1) is 12.8 Å². The molecule has 1 aliphatic heterocycles. The summed E-state index contributed by atoms with van der Waals surface area (Å²) < 4.78 is 5.70. The zero-order valence-electron chi connectivity index (χ0n) is 11.6. The number of carboxylic acid groups (broad SMARTS) is 1. The Morgan fingerprint density at radius 2 is 2.15 bits per heavy atom. The van der Waals surface area contributed by atoms with Crippen LogP contribution in [0.4, 0.5) is 0 Å². The van der Waals surface area contributed by atoms with E-state index in [-0.39, 0.29) is 5.92 Å². The van der Waals surface area contributed by atoms with Crippen molar-refractivity contribution in [2.45, 2.75) is 19.8 Å². The van der Waals surface area contributed by atoms with Gasteiger partial charge in [-0.05, 0) is 56.6 Å². The van der Waals surface area contributed by atoms with Crippen molar-refractivity contribution in [2.24, 2.45) is 5.92 Å². The van der Waals surface area contributed by atoms with Crippen molar-refractivity contribution in [2.75, 3.05) is 26.2 Å². The maximum atomic E-state index is 10.9. The molecule has 1 aliphatic rings. The minimum atomic E-state index is -0.669. The van der Waals surface area contributed by atoms with Crippen molar-refractivity contribution in [3.05, 3.63) is 28.8 Å². The van der Waals surface area contributed by atoms with E-state index in [0.29, 0.717) is 6.61 Å². The normalized spacial score (nSPS) is 17.1. The van der Waals surface area contributed by atoms with Crippen LogP contribution in [0.5, 0.6) is 5.75 Å². The second-order valence-corrected chi connectivity index (χ2v) is 5.62. The molecule has 0 aliphatic carbocycles. The smallest absolute Gasteiger partial charge is 0.306 e. The van der Waals surface area contributed by atoms with Crippen LogP contribution in [0.25, 0.3) is 0 Å². The molecule has 0 bridgehead atoms. The number of piperidine rings is 1. The average molecular weight is 298 g/mol. The van der Waals surface area contributed by atoms with Gasteiger partial charge in [0.1, 0.15) is 12.4 Å². The van der Waals surface area contributed by atoms with E-state index in [2.05, 4.69) is 4.90 Å². The first-order valence-corrected chi connectivity index (χ1v) is 7.28. The van der Waals surface area contributed by atoms with Gasteiger partial charge in [-0.15, -0.1) is 0 Å². The van der Waals surface area contributed by atoms with Crippen LogP contribution in [0.3, 0.4) is 0 Å². The Bertz CT molecular complexity index is 470. The first-order chi connectivity index (χ1) is 9.56. The number of aliphatic carboxylic acids is 1. The number of likely N-dealkylation sites (tertiary alicyclic amines) is 1. The minimum Gasteiger partial charge on any atom is -0.492 e. The van der Waals surface area contributed by atoms with Gasteiger partial charge in [0.05, 0.1) is 5.92 Å². The van der Waals surface area contributed by atoms with Crippen molar-refractivity contribution in [1.29, 1.82) is 0 Å². The quantitative estimate of drug-likeness (QED) is 0.908. The van der Waals surface area contributed by atoms with E-state index >= 15 is 0 Å². The van der Waals surface area contributed by atoms with Crippen LogP contribution < -0.4 is 4.74 Å². The van der Waals surface area contributed by atoms with Gasteiger partial charge in [0.25, 0.3) is 0 Å². The Hall–Kier alpha value is -1.26. The fraction of sp³-hybridized carbons (Fsp3) is 0.533. The summed E-state index contributed by atoms with van der Waals surface area (Å²) in [6, 6.07) is 5.63. The maximum absolute atomic E-state index is 10.9. The molecular formula is C15H20ClNO3. The highest BCUT2D eigenvalue weighted by atomic mass is 35.5. The zero-order valence-corrected chi connectivity index (χ0v) is 12.4. The van der Waals surface area contributed by atoms with E-state index < -0.39 is 5.97 Å². The highest BCUT2D eigenvalue weighted by Crippen LogP contribution is 2.21. The first-order valence-electron chi connectivity index (χ1n) is 6.90. The number of nitrogens with zero attached hydrogens (tertiary/aromatic N) is 1. The van der Waals surface area contributed by atoms with Crippen molar-refractivity contribution in [1.82, 2.24) is 4.90 Å². The molecule has 1 heterocycles. The van der Waals surface area contributed by atoms with Crippen molar-refractivity contribution in [3.63, 3.8) is 0 Å². The van der Waals surface area contributed by atoms with Gasteiger partial charge >= 0.3 is 5.97 Å². The summed E-state index contributed by atoms with van der Waals surface area (Å²) in [5, 5.41) is 9.69. The highest BCUT2D eigenvalue weighted by molar-refractivity contribution is 6.31. The molecule has 0 amide bonds. The fourth-order valence-electron chi connectivity index (χ4n) is 2.40. The second-order valence-electron chi connectivity index (χ2n) is 5.21. The third kappa shape index (κ3) is 4.12. The molecule has 0 atom stereocenters. The molecule has 1 saturated heterocycles. The van der Waals surface area contributed by atoms with Gasteiger partial charge in [-0.2, -0.15) is 0 Å². The van der Waals surface area contributed by atoms with Gasteiger partial charge in [0.15, 0.2) is 0 Å². The third-order valence-electron chi connectivity index (χ3n) is 3.74. The van der Waals surface area contributed by atoms with Gasteiger partial charge in [-0.3, -0.25) is 9.69 Å². The van der Waals surface area contributed by atoms with Crippen LogP contribution in [0.15, 0.2) is 18.2 Å². The predicted molar refractivity (Wildman–Crippen MR) is 78.5 cm³/mol. The van der Waals surface area contributed by atoms with Crippen LogP contribution in [0.1, 0.15) is 18.4 Å². The molecule has 20 heavy (non-hydrogen) atoms. The molecule has 0 spiro atoms. The van der Waals surface area contributed by atoms with Crippen LogP contribution in [-0.2, 0) is 4.79 Å². The fourth-order valence-corrected chi connectivity index (χ4v) is 2.52. The summed E-state index contributed by atoms with van der Waals surface area (Å²) in [5.74, 6) is -0.0176. The van der Waals surface area contributed by atoms with Crippen molar-refractivity contribution < 1.29 is 14.6 Å². The zero-order chi connectivity index (χ0) is 14.5. The Balaban J connectivity index is 1.71. The average Bonchev–Trinajstić information content (AvgIpc) is 2.43. The number of hydrogen-bond acceptors (Lipinski definition) is 3. The molecule has 0 saturated carbocycles. The molecule has 110 valence electrons. The first kappa shape index (κ1) is 15.1. The van der Waals surface area contributed by atoms with Gasteiger partial charge in [-0.1, -0.05) is 11.6 Å². The molecule has 0 radical (unpaired) electrons. The lowest BCUT2D eigenvalue weighted by Gasteiger charge is -2.29. The molecule has 1 fully saturated rings. The standard InChI is InChI=1S/C15H20ClNO3/c1-11-10-13(2-3-14(11)16)20-9-8-17-6-4-12(5-7-17)15(18)19/h2-3,10,12H,4-9H2,1H3,(H,18,19). The van der Waals surface area contributed by atoms with E-state index in [0.717, 1.165) is 48.8 Å². The van der Waals surface area contributed by atoms with Crippen molar-refractivity contribution >= 4 is 17.6 Å². The Kier molecular flexibility index (Phi) is 5.26. The summed E-state index contributed by atoms with van der Waals surface area (Å²) in [6.07, 6.45) is 1.46. The number of aryl methyl sites for hydroxylation is 1. The molecule has 1 aromatic rings. The SMILES string of the molecule is Cc1cc(OCCN2CCC(C(=O)O)CC2)ccc1Cl. The van der Waals surface area contributed by atoms with Gasteiger partial charge in [0.2, 0.25) is 0 Å². The molecule has 1 aromatic carbocycles. The van der Waals surface area contributed by atoms with Crippen LogP contribution >= 0.6 is 11.6 Å². The topological polar surface area (TPSA) is 49.8 Å². The van der Waals surface area contributed by atoms with E-state index in [9.17, 15) is 4.79 Å². The Morgan fingerprint density at radius 1 is 1.45 bits per heavy atom. The molecule has 0 unspecified atom stereocenters. The number of halogens is 1. The summed E-state index contributed by atoms with van der Waals surface area (Å²) in [6.45, 7) is 5.05. The number of benzene rings is 1. The molecule has 5 heteroatoms. The van der Waals surface area contributed by atoms with Gasteiger partial charge in [0, 0.05) is 11.6 Å². The second kappa shape index (κ2) is 6.95. The number of ether oxygens (including phenoxy) is 1. The lowest BCUT2D eigenvalue weighted by atomic mass is 9.97. The summed E-state index contributed by atoms with van der Waals surface area (Å²) >= 11 is 5.96. The van der Waals surface area contributed by atoms with Crippen LogP contribution in [0.2, 0.25) is 5.02 Å². The lowest BCUT2D eigenvalue weighted by Crippen LogP contribution is -2.38. The summed E-state index contributed by atoms with van der Waals surface area (Å²) in [5.41, 5.74) is 1.01. The van der Waals surface area contributed by atoms with E-state index in [1.54, 1.807) is 0 Å².